The molecule has 2 fully saturated rings. The number of likely N-dealkylation sites (tertiary alicyclic amines) is 1. The molecule has 0 bridgehead atoms. The molecule has 38 heavy (non-hydrogen) atoms. The van der Waals surface area contributed by atoms with Gasteiger partial charge in [-0.15, -0.1) is 11.3 Å². The highest BCUT2D eigenvalue weighted by Gasteiger charge is 2.45. The lowest BCUT2D eigenvalue weighted by Crippen LogP contribution is -2.61. The van der Waals surface area contributed by atoms with Gasteiger partial charge < -0.3 is 30.7 Å². The summed E-state index contributed by atoms with van der Waals surface area (Å²) >= 11 is 1.58. The lowest BCUT2D eigenvalue weighted by Gasteiger charge is -2.36. The Bertz CT molecular complexity index is 1140. The third-order valence-electron chi connectivity index (χ3n) is 6.93. The molecule has 2 aliphatic heterocycles. The van der Waals surface area contributed by atoms with Gasteiger partial charge in [-0.2, -0.15) is 0 Å². The van der Waals surface area contributed by atoms with E-state index in [1.165, 1.54) is 4.90 Å². The second kappa shape index (κ2) is 11.9. The van der Waals surface area contributed by atoms with Crippen LogP contribution in [0, 0.1) is 12.3 Å². The van der Waals surface area contributed by atoms with Crippen LogP contribution in [-0.4, -0.2) is 83.2 Å². The molecular weight excluding hydrogens is 506 g/mol. The summed E-state index contributed by atoms with van der Waals surface area (Å²) in [6.07, 6.45) is -0.675. The van der Waals surface area contributed by atoms with Gasteiger partial charge in [-0.05, 0) is 23.5 Å². The van der Waals surface area contributed by atoms with Gasteiger partial charge in [0.1, 0.15) is 18.1 Å². The van der Waals surface area contributed by atoms with Gasteiger partial charge >= 0.3 is 0 Å². The molecule has 0 spiro atoms. The van der Waals surface area contributed by atoms with Crippen molar-refractivity contribution in [1.29, 1.82) is 0 Å². The number of amides is 3. The topological polar surface area (TPSA) is 133 Å². The Morgan fingerprint density at radius 2 is 1.97 bits per heavy atom. The molecule has 0 radical (unpaired) electrons. The number of hydrogen-bond acceptors (Lipinski definition) is 8. The number of hydrogen-bond donors (Lipinski definition) is 4. The summed E-state index contributed by atoms with van der Waals surface area (Å²) in [4.78, 5) is 46.5. The number of nitrogens with one attached hydrogen (secondary N) is 3. The molecule has 1 aromatic carbocycles. The number of carbonyl (C=O) groups excluding carboxylic acids is 3. The van der Waals surface area contributed by atoms with Gasteiger partial charge in [0.05, 0.1) is 35.4 Å². The highest BCUT2D eigenvalue weighted by Crippen LogP contribution is 2.28. The monoisotopic (exact) mass is 543 g/mol. The number of carbonyl (C=O) groups is 3. The number of rotatable bonds is 7. The predicted molar refractivity (Wildman–Crippen MR) is 144 cm³/mol. The largest absolute Gasteiger partial charge is 0.391 e. The average Bonchev–Trinajstić information content (AvgIpc) is 3.50. The van der Waals surface area contributed by atoms with Crippen molar-refractivity contribution >= 4 is 29.1 Å². The van der Waals surface area contributed by atoms with Crippen molar-refractivity contribution in [2.24, 2.45) is 5.41 Å². The van der Waals surface area contributed by atoms with Crippen LogP contribution in [-0.2, 0) is 25.7 Å². The van der Waals surface area contributed by atoms with Gasteiger partial charge in [-0.1, -0.05) is 45.0 Å². The number of morpholine rings is 1. The maximum absolute atomic E-state index is 13.7. The number of aliphatic hydroxyl groups excluding tert-OH is 1. The summed E-state index contributed by atoms with van der Waals surface area (Å²) in [6, 6.07) is 5.66. The molecule has 1 aromatic heterocycles. The van der Waals surface area contributed by atoms with Crippen molar-refractivity contribution in [3.63, 3.8) is 0 Å². The van der Waals surface area contributed by atoms with Crippen LogP contribution in [0.3, 0.4) is 0 Å². The Kier molecular flexibility index (Phi) is 8.81. The van der Waals surface area contributed by atoms with E-state index in [-0.39, 0.29) is 37.3 Å². The molecule has 11 heteroatoms. The lowest BCUT2D eigenvalue weighted by molar-refractivity contribution is -0.144. The molecular formula is C27H37N5O5S. The molecule has 2 aromatic rings. The molecule has 4 atom stereocenters. The van der Waals surface area contributed by atoms with Gasteiger partial charge in [0.25, 0.3) is 0 Å². The highest BCUT2D eigenvalue weighted by atomic mass is 32.1. The minimum atomic E-state index is -0.873. The predicted octanol–water partition coefficient (Wildman–Crippen LogP) is 1.22. The molecule has 2 saturated heterocycles. The van der Waals surface area contributed by atoms with Crippen LogP contribution >= 0.6 is 11.3 Å². The molecule has 4 N–H and O–H groups in total. The number of benzene rings is 1. The van der Waals surface area contributed by atoms with Crippen LogP contribution < -0.4 is 16.0 Å². The first kappa shape index (κ1) is 28.2. The highest BCUT2D eigenvalue weighted by molar-refractivity contribution is 7.13. The van der Waals surface area contributed by atoms with Crippen LogP contribution in [0.4, 0.5) is 0 Å². The standard InChI is InChI=1S/C27H37N5O5S/c1-16-22(38-15-30-16)18-7-5-17(6-8-18)12-29-25(35)21-11-19(33)13-32(21)26(36)23(27(2,3)4)31-24(34)20-14-37-10-9-28-20/h5-8,15,19-21,23,28,33H,9-14H2,1-4H3,(H,29,35)(H,31,34)/t19-,20?,21?,23-/m1/s1. The van der Waals surface area contributed by atoms with Crippen molar-refractivity contribution < 1.29 is 24.2 Å². The summed E-state index contributed by atoms with van der Waals surface area (Å²) in [7, 11) is 0. The summed E-state index contributed by atoms with van der Waals surface area (Å²) in [5, 5.41) is 19.3. The second-order valence-electron chi connectivity index (χ2n) is 11.0. The van der Waals surface area contributed by atoms with Gasteiger partial charge in [0.15, 0.2) is 0 Å². The van der Waals surface area contributed by atoms with E-state index in [1.807, 2.05) is 57.5 Å². The zero-order valence-corrected chi connectivity index (χ0v) is 23.1. The Balaban J connectivity index is 1.41. The smallest absolute Gasteiger partial charge is 0.246 e. The van der Waals surface area contributed by atoms with Crippen LogP contribution in [0.15, 0.2) is 29.8 Å². The molecule has 0 aliphatic carbocycles. The fraction of sp³-hybridized carbons (Fsp3) is 0.556. The van der Waals surface area contributed by atoms with Crippen molar-refractivity contribution in [3.8, 4) is 10.4 Å². The van der Waals surface area contributed by atoms with Gasteiger partial charge in [0.2, 0.25) is 17.7 Å². The average molecular weight is 544 g/mol. The zero-order chi connectivity index (χ0) is 27.4. The van der Waals surface area contributed by atoms with E-state index in [0.29, 0.717) is 19.7 Å². The van der Waals surface area contributed by atoms with E-state index in [1.54, 1.807) is 11.3 Å². The van der Waals surface area contributed by atoms with Crippen molar-refractivity contribution in [1.82, 2.24) is 25.8 Å². The first-order valence-corrected chi connectivity index (χ1v) is 13.8. The van der Waals surface area contributed by atoms with E-state index < -0.39 is 29.6 Å². The SMILES string of the molecule is Cc1ncsc1-c1ccc(CNC(=O)C2C[C@@H](O)CN2C(=O)[C@@H](NC(=O)C2COCCN2)C(C)(C)C)cc1. The van der Waals surface area contributed by atoms with Gasteiger partial charge in [-0.3, -0.25) is 14.4 Å². The number of aryl methyl sites for hydroxylation is 1. The first-order chi connectivity index (χ1) is 18.0. The fourth-order valence-electron chi connectivity index (χ4n) is 4.76. The summed E-state index contributed by atoms with van der Waals surface area (Å²) in [5.41, 5.74) is 4.17. The molecule has 10 nitrogen and oxygen atoms in total. The Labute approximate surface area is 227 Å². The van der Waals surface area contributed by atoms with E-state index in [9.17, 15) is 19.5 Å². The van der Waals surface area contributed by atoms with Crippen molar-refractivity contribution in [2.75, 3.05) is 26.3 Å². The molecule has 2 unspecified atom stereocenters. The minimum absolute atomic E-state index is 0.0348. The maximum atomic E-state index is 13.7. The fourth-order valence-corrected chi connectivity index (χ4v) is 5.57. The Morgan fingerprint density at radius 3 is 2.58 bits per heavy atom. The molecule has 3 heterocycles. The van der Waals surface area contributed by atoms with Gasteiger partial charge in [-0.25, -0.2) is 4.98 Å². The number of aromatic nitrogens is 1. The van der Waals surface area contributed by atoms with Gasteiger partial charge in [0, 0.05) is 26.1 Å². The van der Waals surface area contributed by atoms with Crippen molar-refractivity contribution in [2.45, 2.75) is 64.9 Å². The molecule has 3 amide bonds. The quantitative estimate of drug-likeness (QED) is 0.413. The van der Waals surface area contributed by atoms with E-state index in [0.717, 1.165) is 21.7 Å². The van der Waals surface area contributed by atoms with Crippen LogP contribution in [0.25, 0.3) is 10.4 Å². The van der Waals surface area contributed by atoms with E-state index in [2.05, 4.69) is 20.9 Å². The molecule has 2 aliphatic rings. The van der Waals surface area contributed by atoms with E-state index in [4.69, 9.17) is 4.74 Å². The number of aliphatic hydroxyl groups is 1. The Hall–Kier alpha value is -2.86. The van der Waals surface area contributed by atoms with Crippen LogP contribution in [0.2, 0.25) is 0 Å². The van der Waals surface area contributed by atoms with Crippen LogP contribution in [0.5, 0.6) is 0 Å². The summed E-state index contributed by atoms with van der Waals surface area (Å²) in [5.74, 6) is -1.04. The summed E-state index contributed by atoms with van der Waals surface area (Å²) in [6.45, 7) is 9.20. The van der Waals surface area contributed by atoms with Crippen molar-refractivity contribution in [3.05, 3.63) is 41.0 Å². The lowest BCUT2D eigenvalue weighted by atomic mass is 9.85. The first-order valence-electron chi connectivity index (χ1n) is 12.9. The minimum Gasteiger partial charge on any atom is -0.391 e. The maximum Gasteiger partial charge on any atom is 0.246 e. The molecule has 0 saturated carbocycles. The number of thiazole rings is 1. The molecule has 206 valence electrons. The number of ether oxygens (including phenoxy) is 1. The number of nitrogens with zero attached hydrogens (tertiary/aromatic N) is 2. The molecule has 4 rings (SSSR count). The van der Waals surface area contributed by atoms with Crippen LogP contribution in [0.1, 0.15) is 38.4 Å². The second-order valence-corrected chi connectivity index (χ2v) is 11.8. The third kappa shape index (κ3) is 6.58. The normalized spacial score (nSPS) is 22.7. The third-order valence-corrected chi connectivity index (χ3v) is 7.91. The van der Waals surface area contributed by atoms with E-state index >= 15 is 0 Å². The summed E-state index contributed by atoms with van der Waals surface area (Å²) < 4.78 is 5.38. The zero-order valence-electron chi connectivity index (χ0n) is 22.3. The Morgan fingerprint density at radius 1 is 1.24 bits per heavy atom. The number of β-amino-alcohol motifs (C(OH)–C–C–N with tert-alkyl or cyclic N) is 1.